The van der Waals surface area contributed by atoms with E-state index in [9.17, 15) is 4.39 Å². The van der Waals surface area contributed by atoms with Crippen LogP contribution in [0.3, 0.4) is 0 Å². The van der Waals surface area contributed by atoms with Crippen molar-refractivity contribution in [3.63, 3.8) is 0 Å². The van der Waals surface area contributed by atoms with E-state index in [-0.39, 0.29) is 11.9 Å². The molecule has 0 radical (unpaired) electrons. The highest BCUT2D eigenvalue weighted by Crippen LogP contribution is 2.23. The van der Waals surface area contributed by atoms with Crippen LogP contribution in [0.15, 0.2) is 53.4 Å². The molecule has 106 valence electrons. The number of thioether (sulfide) groups is 1. The van der Waals surface area contributed by atoms with Crippen LogP contribution in [-0.2, 0) is 6.42 Å². The topological polar surface area (TPSA) is 38.0 Å². The van der Waals surface area contributed by atoms with Gasteiger partial charge >= 0.3 is 0 Å². The molecular formula is C15H16ClFN2S. The maximum Gasteiger partial charge on any atom is 0.127 e. The number of hydrazine groups is 1. The van der Waals surface area contributed by atoms with Crippen LogP contribution in [0, 0.1) is 5.82 Å². The molecule has 1 atom stereocenters. The predicted molar refractivity (Wildman–Crippen MR) is 83.4 cm³/mol. The monoisotopic (exact) mass is 310 g/mol. The first-order valence-electron chi connectivity index (χ1n) is 6.27. The van der Waals surface area contributed by atoms with Crippen LogP contribution in [0.5, 0.6) is 0 Å². The molecule has 0 saturated carbocycles. The molecule has 2 nitrogen and oxygen atoms in total. The number of nitrogens with two attached hydrogens (primary N) is 1. The van der Waals surface area contributed by atoms with Crippen LogP contribution in [-0.4, -0.2) is 11.8 Å². The van der Waals surface area contributed by atoms with Gasteiger partial charge < -0.3 is 0 Å². The third-order valence-electron chi connectivity index (χ3n) is 2.94. The summed E-state index contributed by atoms with van der Waals surface area (Å²) >= 11 is 7.71. The third-order valence-corrected chi connectivity index (χ3v) is 4.47. The molecule has 0 saturated heterocycles. The quantitative estimate of drug-likeness (QED) is 0.486. The molecule has 0 heterocycles. The van der Waals surface area contributed by atoms with Crippen LogP contribution in [0.2, 0.25) is 5.02 Å². The summed E-state index contributed by atoms with van der Waals surface area (Å²) in [4.78, 5) is 1.16. The van der Waals surface area contributed by atoms with E-state index in [1.54, 1.807) is 23.9 Å². The number of hydrogen-bond acceptors (Lipinski definition) is 3. The minimum Gasteiger partial charge on any atom is -0.271 e. The van der Waals surface area contributed by atoms with Crippen LogP contribution in [0.4, 0.5) is 4.39 Å². The first-order chi connectivity index (χ1) is 9.70. The fraction of sp³-hybridized carbons (Fsp3) is 0.200. The Morgan fingerprint density at radius 1 is 1.15 bits per heavy atom. The van der Waals surface area contributed by atoms with Gasteiger partial charge in [-0.3, -0.25) is 11.3 Å². The Hall–Kier alpha value is -1.07. The Kier molecular flexibility index (Phi) is 5.86. The second-order valence-electron chi connectivity index (χ2n) is 4.39. The molecule has 3 N–H and O–H groups in total. The van der Waals surface area contributed by atoms with E-state index < -0.39 is 0 Å². The summed E-state index contributed by atoms with van der Waals surface area (Å²) < 4.78 is 13.8. The van der Waals surface area contributed by atoms with E-state index in [4.69, 9.17) is 17.4 Å². The first-order valence-corrected chi connectivity index (χ1v) is 7.64. The van der Waals surface area contributed by atoms with Crippen molar-refractivity contribution in [2.45, 2.75) is 17.4 Å². The highest BCUT2D eigenvalue weighted by Gasteiger charge is 2.14. The van der Waals surface area contributed by atoms with Crippen molar-refractivity contribution < 1.29 is 4.39 Å². The zero-order valence-electron chi connectivity index (χ0n) is 10.9. The van der Waals surface area contributed by atoms with E-state index in [1.165, 1.54) is 6.07 Å². The number of nitrogens with one attached hydrogen (secondary N) is 1. The molecular weight excluding hydrogens is 295 g/mol. The van der Waals surface area contributed by atoms with E-state index in [2.05, 4.69) is 5.43 Å². The third kappa shape index (κ3) is 4.21. The summed E-state index contributed by atoms with van der Waals surface area (Å²) in [7, 11) is 0. The van der Waals surface area contributed by atoms with Gasteiger partial charge in [0.05, 0.1) is 0 Å². The van der Waals surface area contributed by atoms with Crippen molar-refractivity contribution in [2.24, 2.45) is 5.84 Å². The zero-order chi connectivity index (χ0) is 14.4. The molecule has 0 amide bonds. The molecule has 0 aromatic heterocycles. The van der Waals surface area contributed by atoms with Crippen molar-refractivity contribution in [3.05, 3.63) is 64.9 Å². The normalized spacial score (nSPS) is 12.3. The van der Waals surface area contributed by atoms with Crippen LogP contribution >= 0.6 is 23.4 Å². The highest BCUT2D eigenvalue weighted by molar-refractivity contribution is 7.99. The maximum atomic E-state index is 13.8. The molecule has 0 fully saturated rings. The van der Waals surface area contributed by atoms with Crippen LogP contribution in [0.25, 0.3) is 0 Å². The van der Waals surface area contributed by atoms with Gasteiger partial charge in [-0.05, 0) is 30.7 Å². The number of halogens is 2. The average molecular weight is 311 g/mol. The smallest absolute Gasteiger partial charge is 0.127 e. The summed E-state index contributed by atoms with van der Waals surface area (Å²) in [5.41, 5.74) is 3.23. The molecule has 0 spiro atoms. The molecule has 0 aliphatic carbocycles. The average Bonchev–Trinajstić information content (AvgIpc) is 2.47. The van der Waals surface area contributed by atoms with E-state index in [0.717, 1.165) is 10.6 Å². The fourth-order valence-corrected chi connectivity index (χ4v) is 3.05. The summed E-state index contributed by atoms with van der Waals surface area (Å²) in [6, 6.07) is 14.7. The molecule has 0 bridgehead atoms. The Morgan fingerprint density at radius 2 is 1.90 bits per heavy atom. The van der Waals surface area contributed by atoms with Gasteiger partial charge in [-0.25, -0.2) is 4.39 Å². The minimum atomic E-state index is -0.289. The summed E-state index contributed by atoms with van der Waals surface area (Å²) in [6.07, 6.45) is 0.460. The lowest BCUT2D eigenvalue weighted by molar-refractivity contribution is 0.547. The molecule has 2 aromatic rings. The van der Waals surface area contributed by atoms with Gasteiger partial charge in [0.25, 0.3) is 0 Å². The molecule has 0 aliphatic rings. The molecule has 2 aromatic carbocycles. The van der Waals surface area contributed by atoms with Gasteiger partial charge in [-0.15, -0.1) is 11.8 Å². The van der Waals surface area contributed by atoms with Gasteiger partial charge in [-0.2, -0.15) is 0 Å². The SMILES string of the molecule is NNC(CSc1ccccc1)Cc1c(F)cccc1Cl. The van der Waals surface area contributed by atoms with Crippen molar-refractivity contribution >= 4 is 23.4 Å². The van der Waals surface area contributed by atoms with E-state index in [1.807, 2.05) is 30.3 Å². The van der Waals surface area contributed by atoms with Gasteiger partial charge in [0, 0.05) is 27.3 Å². The van der Waals surface area contributed by atoms with Gasteiger partial charge in [-0.1, -0.05) is 35.9 Å². The predicted octanol–water partition coefficient (Wildman–Crippen LogP) is 3.65. The number of rotatable bonds is 6. The molecule has 0 aliphatic heterocycles. The van der Waals surface area contributed by atoms with Crippen molar-refractivity contribution in [3.8, 4) is 0 Å². The van der Waals surface area contributed by atoms with Crippen molar-refractivity contribution in [1.82, 2.24) is 5.43 Å². The maximum absolute atomic E-state index is 13.8. The zero-order valence-corrected chi connectivity index (χ0v) is 12.4. The second-order valence-corrected chi connectivity index (χ2v) is 5.89. The Morgan fingerprint density at radius 3 is 2.55 bits per heavy atom. The molecule has 5 heteroatoms. The van der Waals surface area contributed by atoms with Gasteiger partial charge in [0.1, 0.15) is 5.82 Å². The number of benzene rings is 2. The summed E-state index contributed by atoms with van der Waals surface area (Å²) in [5.74, 6) is 6.01. The lowest BCUT2D eigenvalue weighted by Crippen LogP contribution is -2.39. The lowest BCUT2D eigenvalue weighted by atomic mass is 10.1. The molecule has 2 rings (SSSR count). The Bertz CT molecular complexity index is 531. The lowest BCUT2D eigenvalue weighted by Gasteiger charge is -2.16. The van der Waals surface area contributed by atoms with Crippen molar-refractivity contribution in [2.75, 3.05) is 5.75 Å². The van der Waals surface area contributed by atoms with Gasteiger partial charge in [0.2, 0.25) is 0 Å². The van der Waals surface area contributed by atoms with Gasteiger partial charge in [0.15, 0.2) is 0 Å². The standard InChI is InChI=1S/C15H16ClFN2S/c16-14-7-4-8-15(17)13(14)9-11(19-18)10-20-12-5-2-1-3-6-12/h1-8,11,19H,9-10,18H2. The summed E-state index contributed by atoms with van der Waals surface area (Å²) in [5, 5.41) is 0.440. The van der Waals surface area contributed by atoms with Crippen molar-refractivity contribution in [1.29, 1.82) is 0 Å². The van der Waals surface area contributed by atoms with Crippen LogP contribution < -0.4 is 11.3 Å². The highest BCUT2D eigenvalue weighted by atomic mass is 35.5. The Labute approximate surface area is 127 Å². The second kappa shape index (κ2) is 7.64. The largest absolute Gasteiger partial charge is 0.271 e. The molecule has 20 heavy (non-hydrogen) atoms. The molecule has 1 unspecified atom stereocenters. The van der Waals surface area contributed by atoms with E-state index in [0.29, 0.717) is 17.0 Å². The first kappa shape index (κ1) is 15.3. The van der Waals surface area contributed by atoms with Crippen LogP contribution in [0.1, 0.15) is 5.56 Å². The van der Waals surface area contributed by atoms with E-state index >= 15 is 0 Å². The summed E-state index contributed by atoms with van der Waals surface area (Å²) in [6.45, 7) is 0. The fourth-order valence-electron chi connectivity index (χ4n) is 1.85. The Balaban J connectivity index is 1.99. The number of hydrogen-bond donors (Lipinski definition) is 2. The minimum absolute atomic E-state index is 0.0467.